The van der Waals surface area contributed by atoms with Crippen LogP contribution in [0.25, 0.3) is 0 Å². The second kappa shape index (κ2) is 6.20. The Hall–Kier alpha value is -2.10. The van der Waals surface area contributed by atoms with Crippen LogP contribution in [0.3, 0.4) is 0 Å². The lowest BCUT2D eigenvalue weighted by atomic mass is 9.45. The molecule has 2 bridgehead atoms. The molecule has 148 valence electrons. The summed E-state index contributed by atoms with van der Waals surface area (Å²) < 4.78 is 12.3. The molecule has 4 aliphatic carbocycles. The van der Waals surface area contributed by atoms with Gasteiger partial charge in [0.25, 0.3) is 0 Å². The highest BCUT2D eigenvalue weighted by molar-refractivity contribution is 6.00. The van der Waals surface area contributed by atoms with Crippen LogP contribution in [0.15, 0.2) is 46.8 Å². The van der Waals surface area contributed by atoms with Crippen molar-refractivity contribution < 1.29 is 19.1 Å². The van der Waals surface area contributed by atoms with Gasteiger partial charge in [-0.1, -0.05) is 44.9 Å². The zero-order valence-corrected chi connectivity index (χ0v) is 16.8. The quantitative estimate of drug-likeness (QED) is 0.650. The molecular formula is C24H28O4. The van der Waals surface area contributed by atoms with Crippen LogP contribution in [-0.2, 0) is 19.1 Å². The Morgan fingerprint density at radius 3 is 2.86 bits per heavy atom. The number of rotatable bonds is 4. The number of carbonyl (C=O) groups excluding carboxylic acids is 2. The minimum atomic E-state index is -0.751. The molecule has 4 unspecified atom stereocenters. The third-order valence-electron chi connectivity index (χ3n) is 7.52. The molecule has 0 aromatic rings. The molecule has 0 aromatic carbocycles. The summed E-state index contributed by atoms with van der Waals surface area (Å²) in [5, 5.41) is 0. The van der Waals surface area contributed by atoms with Crippen LogP contribution in [0.1, 0.15) is 65.2 Å². The summed E-state index contributed by atoms with van der Waals surface area (Å²) in [6.07, 6.45) is 15.7. The predicted octanol–water partition coefficient (Wildman–Crippen LogP) is 4.92. The third-order valence-corrected chi connectivity index (χ3v) is 7.52. The molecule has 1 saturated carbocycles. The van der Waals surface area contributed by atoms with Crippen molar-refractivity contribution in [1.29, 1.82) is 0 Å². The first-order valence-corrected chi connectivity index (χ1v) is 10.9. The summed E-state index contributed by atoms with van der Waals surface area (Å²) >= 11 is 0. The molecule has 6 aliphatic rings. The number of ether oxygens (including phenoxy) is 2. The highest BCUT2D eigenvalue weighted by Gasteiger charge is 2.75. The van der Waals surface area contributed by atoms with Crippen molar-refractivity contribution in [1.82, 2.24) is 0 Å². The largest absolute Gasteiger partial charge is 0.449 e. The van der Waals surface area contributed by atoms with Crippen LogP contribution in [0.2, 0.25) is 0 Å². The van der Waals surface area contributed by atoms with E-state index >= 15 is 0 Å². The fourth-order valence-electron chi connectivity index (χ4n) is 6.57. The lowest BCUT2D eigenvalue weighted by Crippen LogP contribution is -2.63. The normalized spacial score (nSPS) is 39.4. The highest BCUT2D eigenvalue weighted by Crippen LogP contribution is 2.71. The second-order valence-corrected chi connectivity index (χ2v) is 8.79. The Morgan fingerprint density at radius 1 is 1.21 bits per heavy atom. The number of unbranched alkanes of at least 4 members (excludes halogenated alkanes) is 1. The average molecular weight is 380 g/mol. The van der Waals surface area contributed by atoms with E-state index in [1.807, 2.05) is 6.08 Å². The summed E-state index contributed by atoms with van der Waals surface area (Å²) in [7, 11) is 0. The molecule has 0 amide bonds. The van der Waals surface area contributed by atoms with Crippen LogP contribution in [-0.4, -0.2) is 17.5 Å². The first kappa shape index (κ1) is 18.0. The topological polar surface area (TPSA) is 52.6 Å². The molecule has 28 heavy (non-hydrogen) atoms. The summed E-state index contributed by atoms with van der Waals surface area (Å²) in [4.78, 5) is 25.9. The number of esters is 2. The van der Waals surface area contributed by atoms with Crippen LogP contribution in [0.4, 0.5) is 0 Å². The van der Waals surface area contributed by atoms with Crippen LogP contribution < -0.4 is 0 Å². The molecular weight excluding hydrogens is 352 g/mol. The number of hydrogen-bond donors (Lipinski definition) is 0. The van der Waals surface area contributed by atoms with Crippen molar-refractivity contribution >= 4 is 11.9 Å². The molecule has 6 rings (SSSR count). The van der Waals surface area contributed by atoms with Gasteiger partial charge in [-0.05, 0) is 56.1 Å². The fourth-order valence-corrected chi connectivity index (χ4v) is 6.57. The number of allylic oxidation sites excluding steroid dienone is 3. The molecule has 2 aliphatic heterocycles. The number of fused-ring (bicyclic) bond motifs is 1. The van der Waals surface area contributed by atoms with Crippen molar-refractivity contribution in [2.75, 3.05) is 0 Å². The van der Waals surface area contributed by atoms with Crippen LogP contribution >= 0.6 is 0 Å². The molecule has 0 aromatic heterocycles. The molecule has 4 atom stereocenters. The summed E-state index contributed by atoms with van der Waals surface area (Å²) in [6, 6.07) is 0. The van der Waals surface area contributed by atoms with E-state index in [0.717, 1.165) is 73.8 Å². The zero-order valence-electron chi connectivity index (χ0n) is 16.8. The van der Waals surface area contributed by atoms with Gasteiger partial charge in [0, 0.05) is 5.92 Å². The predicted molar refractivity (Wildman–Crippen MR) is 105 cm³/mol. The molecule has 2 fully saturated rings. The molecule has 0 N–H and O–H groups in total. The zero-order chi connectivity index (χ0) is 19.5. The lowest BCUT2D eigenvalue weighted by Gasteiger charge is -2.59. The standard InChI is InChI=1S/C24H28O4/c1-3-5-11-20-23-13-12-15(14-19(23)22(26)27-20)17(8-4-2)24(23)18-10-7-6-9-16(18)21(25)28-24/h6,9,11,14-15,17H,3-5,7-8,10,12-13H2,1-2H3/b20-11-. The second-order valence-electron chi connectivity index (χ2n) is 8.79. The Balaban J connectivity index is 1.80. The van der Waals surface area contributed by atoms with E-state index in [1.54, 1.807) is 0 Å². The van der Waals surface area contributed by atoms with Gasteiger partial charge in [-0.25, -0.2) is 9.59 Å². The van der Waals surface area contributed by atoms with Crippen LogP contribution in [0.5, 0.6) is 0 Å². The Labute approximate surface area is 166 Å². The van der Waals surface area contributed by atoms with E-state index in [9.17, 15) is 9.59 Å². The average Bonchev–Trinajstić information content (AvgIpc) is 3.17. The highest BCUT2D eigenvalue weighted by atomic mass is 16.6. The molecule has 4 heteroatoms. The Bertz CT molecular complexity index is 873. The minimum Gasteiger partial charge on any atom is -0.449 e. The maximum atomic E-state index is 13.0. The number of cyclic esters (lactones) is 1. The molecule has 0 radical (unpaired) electrons. The van der Waals surface area contributed by atoms with Gasteiger partial charge in [0.1, 0.15) is 11.2 Å². The third kappa shape index (κ3) is 1.96. The number of carbonyl (C=O) groups is 2. The maximum absolute atomic E-state index is 13.0. The van der Waals surface area contributed by atoms with E-state index in [0.29, 0.717) is 0 Å². The van der Waals surface area contributed by atoms with Gasteiger partial charge < -0.3 is 9.47 Å². The van der Waals surface area contributed by atoms with Gasteiger partial charge in [0.05, 0.1) is 11.1 Å². The molecule has 2 heterocycles. The van der Waals surface area contributed by atoms with Crippen molar-refractivity contribution in [2.24, 2.45) is 17.3 Å². The van der Waals surface area contributed by atoms with E-state index in [2.05, 4.69) is 32.1 Å². The van der Waals surface area contributed by atoms with Gasteiger partial charge in [0.2, 0.25) is 0 Å². The maximum Gasteiger partial charge on any atom is 0.340 e. The molecule has 2 spiro atoms. The monoisotopic (exact) mass is 380 g/mol. The fraction of sp³-hybridized carbons (Fsp3) is 0.583. The van der Waals surface area contributed by atoms with Crippen LogP contribution in [0, 0.1) is 17.3 Å². The lowest BCUT2D eigenvalue weighted by molar-refractivity contribution is -0.176. The van der Waals surface area contributed by atoms with Gasteiger partial charge >= 0.3 is 11.9 Å². The van der Waals surface area contributed by atoms with E-state index < -0.39 is 11.0 Å². The van der Waals surface area contributed by atoms with Crippen molar-refractivity contribution in [3.63, 3.8) is 0 Å². The summed E-state index contributed by atoms with van der Waals surface area (Å²) in [5.41, 5.74) is 1.21. The van der Waals surface area contributed by atoms with Gasteiger partial charge in [0.15, 0.2) is 5.60 Å². The molecule has 1 saturated heterocycles. The summed E-state index contributed by atoms with van der Waals surface area (Å²) in [6.45, 7) is 4.31. The van der Waals surface area contributed by atoms with Gasteiger partial charge in [-0.3, -0.25) is 0 Å². The van der Waals surface area contributed by atoms with Gasteiger partial charge in [-0.2, -0.15) is 0 Å². The van der Waals surface area contributed by atoms with E-state index in [-0.39, 0.29) is 23.8 Å². The number of hydrogen-bond acceptors (Lipinski definition) is 4. The summed E-state index contributed by atoms with van der Waals surface area (Å²) in [5.74, 6) is 0.749. The van der Waals surface area contributed by atoms with Crippen molar-refractivity contribution in [3.8, 4) is 0 Å². The smallest absolute Gasteiger partial charge is 0.340 e. The SMILES string of the molecule is CCC/C=C1\OC(=O)C2=CC3CCC21C1(OC(=O)C2=C1CCC=C2)C3CCC. The van der Waals surface area contributed by atoms with E-state index in [4.69, 9.17) is 9.47 Å². The van der Waals surface area contributed by atoms with Crippen molar-refractivity contribution in [2.45, 2.75) is 70.8 Å². The minimum absolute atomic E-state index is 0.206. The molecule has 4 nitrogen and oxygen atoms in total. The Morgan fingerprint density at radius 2 is 2.07 bits per heavy atom. The first-order valence-electron chi connectivity index (χ1n) is 10.9. The first-order chi connectivity index (χ1) is 13.6. The van der Waals surface area contributed by atoms with Crippen molar-refractivity contribution in [3.05, 3.63) is 46.8 Å². The van der Waals surface area contributed by atoms with Gasteiger partial charge in [-0.15, -0.1) is 0 Å². The van der Waals surface area contributed by atoms with E-state index in [1.165, 1.54) is 0 Å². The Kier molecular flexibility index (Phi) is 3.98.